The Kier molecular flexibility index (Phi) is 9.40. The molecule has 1 aliphatic rings. The molecule has 0 amide bonds. The largest absolute Gasteiger partial charge is 0.497 e. The molecule has 0 aliphatic carbocycles. The van der Waals surface area contributed by atoms with Crippen LogP contribution >= 0.6 is 0 Å². The minimum absolute atomic E-state index is 0.0487. The topological polar surface area (TPSA) is 80.9 Å². The highest BCUT2D eigenvalue weighted by Gasteiger charge is 2.47. The average molecular weight is 561 g/mol. The first-order valence-electron chi connectivity index (χ1n) is 13.5. The third kappa shape index (κ3) is 6.82. The van der Waals surface area contributed by atoms with E-state index in [-0.39, 0.29) is 19.8 Å². The molecule has 3 aromatic carbocycles. The van der Waals surface area contributed by atoms with Crippen molar-refractivity contribution in [2.24, 2.45) is 5.92 Å². The van der Waals surface area contributed by atoms with Crippen molar-refractivity contribution in [3.63, 3.8) is 0 Å². The molecule has 0 unspecified atom stereocenters. The maximum atomic E-state index is 14.7. The Morgan fingerprint density at radius 1 is 0.829 bits per heavy atom. The molecule has 0 saturated carbocycles. The lowest BCUT2D eigenvalue weighted by Gasteiger charge is -2.23. The van der Waals surface area contributed by atoms with Crippen molar-refractivity contribution in [1.82, 2.24) is 9.13 Å². The van der Waals surface area contributed by atoms with E-state index in [0.717, 1.165) is 21.3 Å². The molecule has 4 aromatic rings. The van der Waals surface area contributed by atoms with Gasteiger partial charge in [0.25, 0.3) is 5.56 Å². The Labute approximate surface area is 237 Å². The van der Waals surface area contributed by atoms with Crippen molar-refractivity contribution in [2.75, 3.05) is 20.4 Å². The van der Waals surface area contributed by atoms with E-state index in [1.807, 2.05) is 60.7 Å². The van der Waals surface area contributed by atoms with Gasteiger partial charge in [-0.1, -0.05) is 72.8 Å². The Hall–Kier alpha value is -4.05. The summed E-state index contributed by atoms with van der Waals surface area (Å²) in [5, 5.41) is 0. The lowest BCUT2D eigenvalue weighted by Crippen LogP contribution is -2.42. The highest BCUT2D eigenvalue weighted by molar-refractivity contribution is 5.27. The van der Waals surface area contributed by atoms with Gasteiger partial charge in [-0.2, -0.15) is 0 Å². The van der Waals surface area contributed by atoms with Gasteiger partial charge in [-0.15, -0.1) is 0 Å². The van der Waals surface area contributed by atoms with E-state index in [1.165, 1.54) is 16.8 Å². The molecule has 2 heterocycles. The summed E-state index contributed by atoms with van der Waals surface area (Å²) in [6.07, 6.45) is -0.942. The standard InChI is InChI=1S/C32H33FN2O6/c1-38-26-14-12-23(13-15-26)19-35-29(36)16-17-34(32(35)37)31-27(18-33)30(40-21-25-10-6-3-7-11-25)28(41-31)22-39-20-24-8-4-2-5-9-24/h2-17,27-28,30-31H,18-22H2,1H3/t27-,28+,30-,31+/m0/s1. The second-order valence-corrected chi connectivity index (χ2v) is 9.92. The number of hydrogen-bond donors (Lipinski definition) is 0. The van der Waals surface area contributed by atoms with Gasteiger partial charge in [0, 0.05) is 12.3 Å². The Balaban J connectivity index is 1.39. The first-order valence-corrected chi connectivity index (χ1v) is 13.5. The van der Waals surface area contributed by atoms with Crippen LogP contribution in [-0.4, -0.2) is 41.7 Å². The van der Waals surface area contributed by atoms with Crippen molar-refractivity contribution in [3.05, 3.63) is 135 Å². The third-order valence-electron chi connectivity index (χ3n) is 7.20. The Morgan fingerprint density at radius 2 is 1.49 bits per heavy atom. The average Bonchev–Trinajstić information content (AvgIpc) is 3.36. The predicted octanol–water partition coefficient (Wildman–Crippen LogP) is 4.35. The fraction of sp³-hybridized carbons (Fsp3) is 0.312. The summed E-state index contributed by atoms with van der Waals surface area (Å²) < 4.78 is 40.8. The van der Waals surface area contributed by atoms with Gasteiger partial charge in [0.1, 0.15) is 18.1 Å². The van der Waals surface area contributed by atoms with Crippen LogP contribution in [0.1, 0.15) is 22.9 Å². The normalized spacial score (nSPS) is 20.2. The zero-order chi connectivity index (χ0) is 28.6. The van der Waals surface area contributed by atoms with E-state index in [2.05, 4.69) is 0 Å². The first-order chi connectivity index (χ1) is 20.1. The van der Waals surface area contributed by atoms with Crippen LogP contribution in [0.25, 0.3) is 0 Å². The van der Waals surface area contributed by atoms with E-state index in [9.17, 15) is 14.0 Å². The summed E-state index contributed by atoms with van der Waals surface area (Å²) in [6, 6.07) is 27.7. The van der Waals surface area contributed by atoms with Gasteiger partial charge >= 0.3 is 5.69 Å². The second kappa shape index (κ2) is 13.5. The van der Waals surface area contributed by atoms with E-state index in [1.54, 1.807) is 31.4 Å². The number of ether oxygens (including phenoxy) is 4. The van der Waals surface area contributed by atoms with Gasteiger partial charge in [-0.3, -0.25) is 18.3 Å². The highest BCUT2D eigenvalue weighted by Crippen LogP contribution is 2.37. The fourth-order valence-corrected chi connectivity index (χ4v) is 5.01. The molecule has 0 spiro atoms. The zero-order valence-electron chi connectivity index (χ0n) is 22.8. The lowest BCUT2D eigenvalue weighted by molar-refractivity contribution is -0.0834. The predicted molar refractivity (Wildman–Crippen MR) is 152 cm³/mol. The van der Waals surface area contributed by atoms with Crippen molar-refractivity contribution < 1.29 is 23.3 Å². The van der Waals surface area contributed by atoms with Crippen LogP contribution in [-0.2, 0) is 34.0 Å². The van der Waals surface area contributed by atoms with Crippen LogP contribution in [0.15, 0.2) is 107 Å². The summed E-state index contributed by atoms with van der Waals surface area (Å²) in [7, 11) is 1.56. The molecule has 1 fully saturated rings. The molecule has 1 aromatic heterocycles. The first kappa shape index (κ1) is 28.5. The number of methoxy groups -OCH3 is 1. The van der Waals surface area contributed by atoms with Gasteiger partial charge < -0.3 is 18.9 Å². The van der Waals surface area contributed by atoms with E-state index in [0.29, 0.717) is 12.4 Å². The molecule has 0 N–H and O–H groups in total. The molecule has 4 atom stereocenters. The highest BCUT2D eigenvalue weighted by atomic mass is 19.1. The van der Waals surface area contributed by atoms with Crippen LogP contribution in [0.4, 0.5) is 4.39 Å². The zero-order valence-corrected chi connectivity index (χ0v) is 22.8. The van der Waals surface area contributed by atoms with Gasteiger partial charge in [0.2, 0.25) is 0 Å². The van der Waals surface area contributed by atoms with Gasteiger partial charge in [-0.05, 0) is 28.8 Å². The Morgan fingerprint density at radius 3 is 2.12 bits per heavy atom. The summed E-state index contributed by atoms with van der Waals surface area (Å²) in [6.45, 7) is 0.000890. The van der Waals surface area contributed by atoms with Gasteiger partial charge in [0.15, 0.2) is 0 Å². The molecule has 8 nitrogen and oxygen atoms in total. The van der Waals surface area contributed by atoms with Crippen LogP contribution < -0.4 is 16.0 Å². The summed E-state index contributed by atoms with van der Waals surface area (Å²) in [4.78, 5) is 26.3. The minimum Gasteiger partial charge on any atom is -0.497 e. The SMILES string of the molecule is COc1ccc(Cn2c(=O)ccn([C@@H]3O[C@H](COCc4ccccc4)[C@@H](OCc4ccccc4)[C@@H]3CF)c2=O)cc1. The van der Waals surface area contributed by atoms with Crippen molar-refractivity contribution in [1.29, 1.82) is 0 Å². The smallest absolute Gasteiger partial charge is 0.333 e. The molecule has 5 rings (SSSR count). The van der Waals surface area contributed by atoms with Gasteiger partial charge in [-0.25, -0.2) is 4.79 Å². The maximum Gasteiger partial charge on any atom is 0.333 e. The van der Waals surface area contributed by atoms with E-state index >= 15 is 0 Å². The van der Waals surface area contributed by atoms with Crippen molar-refractivity contribution in [3.8, 4) is 5.75 Å². The van der Waals surface area contributed by atoms with Crippen LogP contribution in [0.5, 0.6) is 5.75 Å². The number of benzene rings is 3. The molecule has 41 heavy (non-hydrogen) atoms. The number of nitrogens with zero attached hydrogens (tertiary/aromatic N) is 2. The number of rotatable bonds is 12. The molecular weight excluding hydrogens is 527 g/mol. The van der Waals surface area contributed by atoms with E-state index < -0.39 is 42.3 Å². The Bertz CT molecular complexity index is 1510. The van der Waals surface area contributed by atoms with Crippen LogP contribution in [0.3, 0.4) is 0 Å². The summed E-state index contributed by atoms with van der Waals surface area (Å²) >= 11 is 0. The number of halogens is 1. The summed E-state index contributed by atoms with van der Waals surface area (Å²) in [5.74, 6) is -0.132. The quantitative estimate of drug-likeness (QED) is 0.256. The summed E-state index contributed by atoms with van der Waals surface area (Å²) in [5.41, 5.74) is 1.62. The second-order valence-electron chi connectivity index (χ2n) is 9.92. The monoisotopic (exact) mass is 560 g/mol. The fourth-order valence-electron chi connectivity index (χ4n) is 5.01. The van der Waals surface area contributed by atoms with Crippen LogP contribution in [0, 0.1) is 5.92 Å². The van der Waals surface area contributed by atoms with Gasteiger partial charge in [0.05, 0.1) is 52.2 Å². The van der Waals surface area contributed by atoms with Crippen LogP contribution in [0.2, 0.25) is 0 Å². The lowest BCUT2D eigenvalue weighted by atomic mass is 10.0. The molecular formula is C32H33FN2O6. The molecule has 214 valence electrons. The third-order valence-corrected chi connectivity index (χ3v) is 7.20. The van der Waals surface area contributed by atoms with E-state index in [4.69, 9.17) is 18.9 Å². The molecule has 1 aliphatic heterocycles. The number of alkyl halides is 1. The number of hydrogen-bond acceptors (Lipinski definition) is 6. The number of aromatic nitrogens is 2. The molecule has 0 radical (unpaired) electrons. The minimum atomic E-state index is -0.985. The maximum absolute atomic E-state index is 14.7. The molecule has 1 saturated heterocycles. The van der Waals surface area contributed by atoms with Crippen molar-refractivity contribution >= 4 is 0 Å². The molecule has 9 heteroatoms. The van der Waals surface area contributed by atoms with Crippen molar-refractivity contribution in [2.45, 2.75) is 38.2 Å². The molecule has 0 bridgehead atoms.